The molecule has 1 aliphatic rings. The van der Waals surface area contributed by atoms with Gasteiger partial charge in [0.25, 0.3) is 0 Å². The molecule has 0 radical (unpaired) electrons. The van der Waals surface area contributed by atoms with E-state index in [0.29, 0.717) is 16.9 Å². The van der Waals surface area contributed by atoms with Crippen LogP contribution in [0.1, 0.15) is 40.5 Å². The Morgan fingerprint density at radius 3 is 2.46 bits per heavy atom. The van der Waals surface area contributed by atoms with E-state index in [1.807, 2.05) is 0 Å². The summed E-state index contributed by atoms with van der Waals surface area (Å²) in [6.07, 6.45) is -2.96. The predicted octanol–water partition coefficient (Wildman–Crippen LogP) is 3.20. The molecular formula is C17H16F3N3O3. The van der Waals surface area contributed by atoms with Crippen molar-refractivity contribution in [2.24, 2.45) is 0 Å². The number of esters is 1. The van der Waals surface area contributed by atoms with Crippen molar-refractivity contribution in [3.63, 3.8) is 0 Å². The van der Waals surface area contributed by atoms with Crippen molar-refractivity contribution in [1.82, 2.24) is 9.78 Å². The summed E-state index contributed by atoms with van der Waals surface area (Å²) < 4.78 is 44.3. The molecule has 0 spiro atoms. The average molecular weight is 367 g/mol. The molecule has 138 valence electrons. The Morgan fingerprint density at radius 2 is 1.92 bits per heavy atom. The molecule has 0 saturated heterocycles. The van der Waals surface area contributed by atoms with Crippen LogP contribution >= 0.6 is 0 Å². The summed E-state index contributed by atoms with van der Waals surface area (Å²) in [7, 11) is 1.26. The summed E-state index contributed by atoms with van der Waals surface area (Å²) in [6, 6.07) is 6.99. The first-order chi connectivity index (χ1) is 12.3. The standard InChI is InChI=1S/C17H16F3N3O3/c1-26-16(25)11-4-6-12(7-5-11)21-15(24)9-23-13(10-2-3-10)8-14(22-23)17(18,19)20/h4-8,10H,2-3,9H2,1H3,(H,21,24). The van der Waals surface area contributed by atoms with E-state index in [0.717, 1.165) is 23.6 Å². The molecule has 1 heterocycles. The van der Waals surface area contributed by atoms with Crippen LogP contribution in [-0.4, -0.2) is 28.8 Å². The number of hydrogen-bond donors (Lipinski definition) is 1. The number of nitrogens with zero attached hydrogens (tertiary/aromatic N) is 2. The highest BCUT2D eigenvalue weighted by Gasteiger charge is 2.38. The van der Waals surface area contributed by atoms with Crippen molar-refractivity contribution in [2.45, 2.75) is 31.5 Å². The second-order valence-corrected chi connectivity index (χ2v) is 6.00. The van der Waals surface area contributed by atoms with Crippen molar-refractivity contribution in [2.75, 3.05) is 12.4 Å². The highest BCUT2D eigenvalue weighted by molar-refractivity contribution is 5.92. The Labute approximate surface area is 146 Å². The van der Waals surface area contributed by atoms with Crippen LogP contribution in [-0.2, 0) is 22.3 Å². The molecular weight excluding hydrogens is 351 g/mol. The molecule has 9 heteroatoms. The molecule has 26 heavy (non-hydrogen) atoms. The average Bonchev–Trinajstić information content (AvgIpc) is 3.34. The molecule has 3 rings (SSSR count). The Kier molecular flexibility index (Phi) is 4.71. The summed E-state index contributed by atoms with van der Waals surface area (Å²) in [6.45, 7) is -0.319. The van der Waals surface area contributed by atoms with Gasteiger partial charge in [-0.05, 0) is 43.2 Å². The van der Waals surface area contributed by atoms with Gasteiger partial charge in [-0.15, -0.1) is 0 Å². The van der Waals surface area contributed by atoms with E-state index in [1.54, 1.807) is 0 Å². The van der Waals surface area contributed by atoms with E-state index in [9.17, 15) is 22.8 Å². The first kappa shape index (κ1) is 18.0. The fourth-order valence-corrected chi connectivity index (χ4v) is 2.55. The van der Waals surface area contributed by atoms with Crippen molar-refractivity contribution in [1.29, 1.82) is 0 Å². The lowest BCUT2D eigenvalue weighted by molar-refractivity contribution is -0.141. The first-order valence-electron chi connectivity index (χ1n) is 7.91. The van der Waals surface area contributed by atoms with Crippen LogP contribution in [0, 0.1) is 0 Å². The maximum absolute atomic E-state index is 12.9. The van der Waals surface area contributed by atoms with Gasteiger partial charge in [-0.3, -0.25) is 9.48 Å². The van der Waals surface area contributed by atoms with Crippen LogP contribution in [0.3, 0.4) is 0 Å². The van der Waals surface area contributed by atoms with Crippen molar-refractivity contribution in [3.05, 3.63) is 47.3 Å². The number of carbonyl (C=O) groups excluding carboxylic acids is 2. The molecule has 1 aliphatic carbocycles. The number of anilines is 1. The number of benzene rings is 1. The maximum atomic E-state index is 12.9. The van der Waals surface area contributed by atoms with Gasteiger partial charge in [0.15, 0.2) is 5.69 Å². The van der Waals surface area contributed by atoms with Crippen molar-refractivity contribution < 1.29 is 27.5 Å². The molecule has 1 N–H and O–H groups in total. The summed E-state index contributed by atoms with van der Waals surface area (Å²) >= 11 is 0. The van der Waals surface area contributed by atoms with Gasteiger partial charge in [-0.1, -0.05) is 0 Å². The molecule has 0 bridgehead atoms. The third-order valence-electron chi connectivity index (χ3n) is 3.98. The molecule has 1 aromatic carbocycles. The fourth-order valence-electron chi connectivity index (χ4n) is 2.55. The molecule has 2 aromatic rings. The number of methoxy groups -OCH3 is 1. The maximum Gasteiger partial charge on any atom is 0.435 e. The highest BCUT2D eigenvalue weighted by Crippen LogP contribution is 2.42. The molecule has 1 fully saturated rings. The summed E-state index contributed by atoms with van der Waals surface area (Å²) in [4.78, 5) is 23.5. The Bertz CT molecular complexity index is 824. The topological polar surface area (TPSA) is 73.2 Å². The van der Waals surface area contributed by atoms with Gasteiger partial charge >= 0.3 is 12.1 Å². The van der Waals surface area contributed by atoms with E-state index < -0.39 is 23.7 Å². The molecule has 0 aliphatic heterocycles. The predicted molar refractivity (Wildman–Crippen MR) is 85.6 cm³/mol. The number of rotatable bonds is 5. The lowest BCUT2D eigenvalue weighted by Crippen LogP contribution is -2.21. The SMILES string of the molecule is COC(=O)c1ccc(NC(=O)Cn2nc(C(F)(F)F)cc2C2CC2)cc1. The van der Waals surface area contributed by atoms with Crippen LogP contribution in [0.25, 0.3) is 0 Å². The minimum absolute atomic E-state index is 0.0192. The molecule has 1 saturated carbocycles. The largest absolute Gasteiger partial charge is 0.465 e. The third-order valence-corrected chi connectivity index (χ3v) is 3.98. The normalized spacial score (nSPS) is 14.2. The Hall–Kier alpha value is -2.84. The number of nitrogens with one attached hydrogen (secondary N) is 1. The van der Waals surface area contributed by atoms with Gasteiger partial charge in [-0.25, -0.2) is 4.79 Å². The lowest BCUT2D eigenvalue weighted by Gasteiger charge is -2.08. The van der Waals surface area contributed by atoms with Crippen LogP contribution in [0.15, 0.2) is 30.3 Å². The summed E-state index contributed by atoms with van der Waals surface area (Å²) in [5, 5.41) is 6.12. The molecule has 1 aromatic heterocycles. The number of aromatic nitrogens is 2. The highest BCUT2D eigenvalue weighted by atomic mass is 19.4. The van der Waals surface area contributed by atoms with Crippen LogP contribution in [0.4, 0.5) is 18.9 Å². The quantitative estimate of drug-likeness (QED) is 0.824. The molecule has 0 atom stereocenters. The van der Waals surface area contributed by atoms with Gasteiger partial charge in [0.05, 0.1) is 12.7 Å². The van der Waals surface area contributed by atoms with Crippen molar-refractivity contribution in [3.8, 4) is 0 Å². The summed E-state index contributed by atoms with van der Waals surface area (Å²) in [5.74, 6) is -0.992. The van der Waals surface area contributed by atoms with Crippen molar-refractivity contribution >= 4 is 17.6 Å². The van der Waals surface area contributed by atoms with E-state index >= 15 is 0 Å². The number of amides is 1. The molecule has 6 nitrogen and oxygen atoms in total. The first-order valence-corrected chi connectivity index (χ1v) is 7.91. The zero-order valence-electron chi connectivity index (χ0n) is 13.8. The second-order valence-electron chi connectivity index (χ2n) is 6.00. The second kappa shape index (κ2) is 6.81. The number of alkyl halides is 3. The summed E-state index contributed by atoms with van der Waals surface area (Å²) in [5.41, 5.74) is 0.172. The van der Waals surface area contributed by atoms with E-state index in [2.05, 4.69) is 15.2 Å². The minimum Gasteiger partial charge on any atom is -0.465 e. The molecule has 1 amide bonds. The molecule has 0 unspecified atom stereocenters. The Balaban J connectivity index is 1.70. The van der Waals surface area contributed by atoms with Gasteiger partial charge in [0, 0.05) is 17.3 Å². The third kappa shape index (κ3) is 4.04. The van der Waals surface area contributed by atoms with Gasteiger partial charge in [0.2, 0.25) is 5.91 Å². The number of halogens is 3. The van der Waals surface area contributed by atoms with E-state index in [1.165, 1.54) is 31.4 Å². The van der Waals surface area contributed by atoms with Gasteiger partial charge in [0.1, 0.15) is 6.54 Å². The van der Waals surface area contributed by atoms with Crippen LogP contribution in [0.2, 0.25) is 0 Å². The van der Waals surface area contributed by atoms with E-state index in [-0.39, 0.29) is 12.5 Å². The number of hydrogen-bond acceptors (Lipinski definition) is 4. The van der Waals surface area contributed by atoms with Gasteiger partial charge in [-0.2, -0.15) is 18.3 Å². The van der Waals surface area contributed by atoms with Crippen LogP contribution < -0.4 is 5.32 Å². The van der Waals surface area contributed by atoms with E-state index in [4.69, 9.17) is 0 Å². The van der Waals surface area contributed by atoms with Gasteiger partial charge < -0.3 is 10.1 Å². The van der Waals surface area contributed by atoms with Crippen LogP contribution in [0.5, 0.6) is 0 Å². The zero-order valence-corrected chi connectivity index (χ0v) is 13.8. The smallest absolute Gasteiger partial charge is 0.435 e. The Morgan fingerprint density at radius 1 is 1.27 bits per heavy atom. The number of carbonyl (C=O) groups is 2. The zero-order chi connectivity index (χ0) is 18.9. The lowest BCUT2D eigenvalue weighted by atomic mass is 10.2. The minimum atomic E-state index is -4.55. The fraction of sp³-hybridized carbons (Fsp3) is 0.353. The number of ether oxygens (including phenoxy) is 1. The monoisotopic (exact) mass is 367 g/mol.